The van der Waals surface area contributed by atoms with E-state index in [1.165, 1.54) is 51.4 Å². The summed E-state index contributed by atoms with van der Waals surface area (Å²) in [5.74, 6) is 1.78. The number of nitrogens with zero attached hydrogens (tertiary/aromatic N) is 4. The largest absolute Gasteiger partial charge is 0.367 e. The van der Waals surface area contributed by atoms with Gasteiger partial charge in [-0.3, -0.25) is 0 Å². The molecular weight excluding hydrogens is 398 g/mol. The van der Waals surface area contributed by atoms with Gasteiger partial charge in [-0.2, -0.15) is 5.10 Å². The number of aromatic nitrogens is 4. The minimum absolute atomic E-state index is 0.383. The Morgan fingerprint density at radius 1 is 0.969 bits per heavy atom. The fourth-order valence-corrected chi connectivity index (χ4v) is 5.03. The van der Waals surface area contributed by atoms with Gasteiger partial charge in [0.25, 0.3) is 0 Å². The molecular formula is C25H35N7. The first-order valence-electron chi connectivity index (χ1n) is 12.3. The van der Waals surface area contributed by atoms with Crippen molar-refractivity contribution < 1.29 is 0 Å². The van der Waals surface area contributed by atoms with E-state index in [4.69, 9.17) is 10.1 Å². The van der Waals surface area contributed by atoms with E-state index in [0.29, 0.717) is 24.7 Å². The first-order chi connectivity index (χ1) is 15.7. The van der Waals surface area contributed by atoms with Gasteiger partial charge in [-0.15, -0.1) is 0 Å². The van der Waals surface area contributed by atoms with Crippen molar-refractivity contribution in [3.8, 4) is 11.3 Å². The molecule has 7 heteroatoms. The second-order valence-corrected chi connectivity index (χ2v) is 9.58. The summed E-state index contributed by atoms with van der Waals surface area (Å²) in [7, 11) is 0. The zero-order valence-corrected chi connectivity index (χ0v) is 19.3. The third-order valence-electron chi connectivity index (χ3n) is 6.72. The lowest BCUT2D eigenvalue weighted by atomic mass is 10.1. The van der Waals surface area contributed by atoms with Gasteiger partial charge < -0.3 is 16.0 Å². The quantitative estimate of drug-likeness (QED) is 0.464. The van der Waals surface area contributed by atoms with Crippen LogP contribution >= 0.6 is 0 Å². The van der Waals surface area contributed by atoms with Crippen molar-refractivity contribution in [1.29, 1.82) is 0 Å². The second kappa shape index (κ2) is 9.45. The molecule has 3 heterocycles. The fraction of sp³-hybridized carbons (Fsp3) is 0.560. The molecule has 3 aromatic heterocycles. The van der Waals surface area contributed by atoms with E-state index < -0.39 is 0 Å². The molecule has 0 unspecified atom stereocenters. The molecule has 3 aromatic rings. The maximum Gasteiger partial charge on any atom is 0.223 e. The predicted octanol–water partition coefficient (Wildman–Crippen LogP) is 5.00. The van der Waals surface area contributed by atoms with Crippen LogP contribution in [0.4, 0.5) is 11.8 Å². The van der Waals surface area contributed by atoms with Crippen molar-refractivity contribution >= 4 is 17.3 Å². The molecule has 0 spiro atoms. The zero-order valence-electron chi connectivity index (χ0n) is 19.3. The minimum Gasteiger partial charge on any atom is -0.367 e. The number of rotatable bonds is 8. The van der Waals surface area contributed by atoms with Crippen molar-refractivity contribution in [2.24, 2.45) is 0 Å². The van der Waals surface area contributed by atoms with E-state index >= 15 is 0 Å². The van der Waals surface area contributed by atoms with Gasteiger partial charge in [0.15, 0.2) is 0 Å². The summed E-state index contributed by atoms with van der Waals surface area (Å²) in [6, 6.07) is 9.81. The number of fused-ring (bicyclic) bond motifs is 1. The molecule has 2 saturated carbocycles. The van der Waals surface area contributed by atoms with Gasteiger partial charge in [-0.25, -0.2) is 14.5 Å². The zero-order chi connectivity index (χ0) is 21.9. The lowest BCUT2D eigenvalue weighted by molar-refractivity contribution is 0.579. The Bertz CT molecular complexity index is 1050. The number of nitrogens with one attached hydrogen (secondary N) is 3. The van der Waals surface area contributed by atoms with Crippen molar-refractivity contribution in [3.05, 3.63) is 36.2 Å². The van der Waals surface area contributed by atoms with Crippen LogP contribution in [0.25, 0.3) is 16.8 Å². The van der Waals surface area contributed by atoms with Gasteiger partial charge >= 0.3 is 0 Å². The van der Waals surface area contributed by atoms with E-state index in [0.717, 1.165) is 34.2 Å². The Hall–Kier alpha value is -2.67. The standard InChI is InChI=1S/C25H35N7/c1-17(2)27-16-21-24(20-14-15-26-25(30-20)29-19-10-5-6-11-19)22-12-7-13-23(32(22)31-21)28-18-8-3-4-9-18/h7,12-15,17-19,27-28H,3-6,8-11,16H2,1-2H3,(H,26,29,30). The molecule has 7 nitrogen and oxygen atoms in total. The first-order valence-corrected chi connectivity index (χ1v) is 12.3. The minimum atomic E-state index is 0.383. The van der Waals surface area contributed by atoms with Gasteiger partial charge in [0, 0.05) is 30.9 Å². The molecule has 0 saturated heterocycles. The van der Waals surface area contributed by atoms with Gasteiger partial charge in [-0.1, -0.05) is 45.6 Å². The second-order valence-electron chi connectivity index (χ2n) is 9.58. The molecule has 0 aromatic carbocycles. The van der Waals surface area contributed by atoms with Gasteiger partial charge in [-0.05, 0) is 43.9 Å². The van der Waals surface area contributed by atoms with Crippen LogP contribution in [0.3, 0.4) is 0 Å². The Morgan fingerprint density at radius 3 is 2.41 bits per heavy atom. The highest BCUT2D eigenvalue weighted by molar-refractivity contribution is 5.82. The van der Waals surface area contributed by atoms with Gasteiger partial charge in [0.1, 0.15) is 5.82 Å². The average Bonchev–Trinajstić information content (AvgIpc) is 3.54. The van der Waals surface area contributed by atoms with E-state index in [1.807, 2.05) is 12.3 Å². The normalized spacial score (nSPS) is 17.6. The summed E-state index contributed by atoms with van der Waals surface area (Å²) in [6.07, 6.45) is 11.9. The predicted molar refractivity (Wildman–Crippen MR) is 130 cm³/mol. The summed E-state index contributed by atoms with van der Waals surface area (Å²) in [5, 5.41) is 15.9. The smallest absolute Gasteiger partial charge is 0.223 e. The topological polar surface area (TPSA) is 79.2 Å². The summed E-state index contributed by atoms with van der Waals surface area (Å²) in [4.78, 5) is 9.43. The van der Waals surface area contributed by atoms with Crippen molar-refractivity contribution in [3.63, 3.8) is 0 Å². The van der Waals surface area contributed by atoms with Crippen LogP contribution in [-0.2, 0) is 6.54 Å². The van der Waals surface area contributed by atoms with Gasteiger partial charge in [0.2, 0.25) is 5.95 Å². The molecule has 3 N–H and O–H groups in total. The molecule has 2 aliphatic carbocycles. The third-order valence-corrected chi connectivity index (χ3v) is 6.72. The highest BCUT2D eigenvalue weighted by atomic mass is 15.3. The van der Waals surface area contributed by atoms with E-state index in [2.05, 4.69) is 57.5 Å². The van der Waals surface area contributed by atoms with E-state index in [9.17, 15) is 0 Å². The van der Waals surface area contributed by atoms with Crippen molar-refractivity contribution in [2.45, 2.75) is 89.9 Å². The molecule has 2 fully saturated rings. The number of hydrogen-bond donors (Lipinski definition) is 3. The fourth-order valence-electron chi connectivity index (χ4n) is 5.03. The summed E-state index contributed by atoms with van der Waals surface area (Å²) >= 11 is 0. The number of anilines is 2. The molecule has 0 atom stereocenters. The van der Waals surface area contributed by atoms with Crippen LogP contribution in [0.1, 0.15) is 70.9 Å². The van der Waals surface area contributed by atoms with Gasteiger partial charge in [0.05, 0.1) is 22.5 Å². The van der Waals surface area contributed by atoms with E-state index in [-0.39, 0.29) is 0 Å². The van der Waals surface area contributed by atoms with Crippen LogP contribution in [0.15, 0.2) is 30.5 Å². The molecule has 2 aliphatic rings. The summed E-state index contributed by atoms with van der Waals surface area (Å²) < 4.78 is 2.07. The maximum atomic E-state index is 5.05. The molecule has 170 valence electrons. The molecule has 0 bridgehead atoms. The van der Waals surface area contributed by atoms with E-state index in [1.54, 1.807) is 0 Å². The summed E-state index contributed by atoms with van der Waals surface area (Å²) in [6.45, 7) is 5.03. The first kappa shape index (κ1) is 21.2. The van der Waals surface area contributed by atoms with Crippen molar-refractivity contribution in [2.75, 3.05) is 10.6 Å². The Morgan fingerprint density at radius 2 is 1.69 bits per heavy atom. The highest BCUT2D eigenvalue weighted by Gasteiger charge is 2.21. The number of hydrogen-bond acceptors (Lipinski definition) is 6. The molecule has 32 heavy (non-hydrogen) atoms. The SMILES string of the molecule is CC(C)NCc1nn2c(NC3CCCC3)cccc2c1-c1ccnc(NC2CCCC2)n1. The maximum absolute atomic E-state index is 5.05. The lowest BCUT2D eigenvalue weighted by Gasteiger charge is -2.14. The van der Waals surface area contributed by atoms with Crippen LogP contribution < -0.4 is 16.0 Å². The monoisotopic (exact) mass is 433 g/mol. The number of pyridine rings is 1. The lowest BCUT2D eigenvalue weighted by Crippen LogP contribution is -2.22. The van der Waals surface area contributed by atoms with Crippen molar-refractivity contribution in [1.82, 2.24) is 24.9 Å². The molecule has 0 aliphatic heterocycles. The Labute approximate surface area is 190 Å². The molecule has 0 radical (unpaired) electrons. The van der Waals surface area contributed by atoms with Crippen LogP contribution in [-0.4, -0.2) is 37.7 Å². The van der Waals surface area contributed by atoms with Crippen LogP contribution in [0.2, 0.25) is 0 Å². The Kier molecular flexibility index (Phi) is 6.26. The highest BCUT2D eigenvalue weighted by Crippen LogP contribution is 2.31. The third kappa shape index (κ3) is 4.58. The van der Waals surface area contributed by atoms with Crippen LogP contribution in [0, 0.1) is 0 Å². The average molecular weight is 434 g/mol. The summed E-state index contributed by atoms with van der Waals surface area (Å²) in [5.41, 5.74) is 4.11. The molecule has 0 amide bonds. The Balaban J connectivity index is 1.53. The van der Waals surface area contributed by atoms with Crippen LogP contribution in [0.5, 0.6) is 0 Å². The molecule has 5 rings (SSSR count).